The molecule has 2 N–H and O–H groups in total. The topological polar surface area (TPSA) is 49.7 Å². The van der Waals surface area contributed by atoms with E-state index in [0.717, 1.165) is 16.2 Å². The molecule has 3 aromatic rings. The van der Waals surface area contributed by atoms with Gasteiger partial charge in [0.2, 0.25) is 0 Å². The lowest BCUT2D eigenvalue weighted by molar-refractivity contribution is 0.288. The number of rotatable bonds is 2. The Bertz CT molecular complexity index is 710. The second-order valence-electron chi connectivity index (χ2n) is 4.15. The molecule has 0 bridgehead atoms. The van der Waals surface area contributed by atoms with Gasteiger partial charge in [-0.25, -0.2) is 0 Å². The Hall–Kier alpha value is -2.04. The van der Waals surface area contributed by atoms with Gasteiger partial charge in [-0.1, -0.05) is 30.3 Å². The first-order valence-electron chi connectivity index (χ1n) is 5.68. The monoisotopic (exact) mass is 238 g/mol. The number of benzene rings is 3. The molecule has 0 aliphatic heterocycles. The van der Waals surface area contributed by atoms with Crippen molar-refractivity contribution >= 4 is 28.9 Å². The van der Waals surface area contributed by atoms with E-state index in [1.54, 1.807) is 12.1 Å². The summed E-state index contributed by atoms with van der Waals surface area (Å²) in [6.07, 6.45) is 0. The highest BCUT2D eigenvalue weighted by molar-refractivity contribution is 6.33. The fourth-order valence-corrected chi connectivity index (χ4v) is 2.11. The molecule has 88 valence electrons. The Morgan fingerprint density at radius 1 is 0.722 bits per heavy atom. The van der Waals surface area contributed by atoms with E-state index >= 15 is 0 Å². The van der Waals surface area contributed by atoms with Crippen molar-refractivity contribution in [1.29, 1.82) is 0 Å². The highest BCUT2D eigenvalue weighted by Gasteiger charge is 2.11. The lowest BCUT2D eigenvalue weighted by Crippen LogP contribution is -2.20. The summed E-state index contributed by atoms with van der Waals surface area (Å²) in [6.45, 7) is 0. The molecule has 0 spiro atoms. The van der Waals surface area contributed by atoms with Crippen molar-refractivity contribution in [3.05, 3.63) is 54.6 Å². The molecule has 3 rings (SSSR count). The largest absolute Gasteiger partial charge is 0.707 e. The maximum atomic E-state index is 8.78. The average molecular weight is 238 g/mol. The van der Waals surface area contributed by atoms with Gasteiger partial charge < -0.3 is 14.7 Å². The molecule has 3 aromatic carbocycles. The minimum absolute atomic E-state index is 0.438. The third-order valence-electron chi connectivity index (χ3n) is 2.92. The summed E-state index contributed by atoms with van der Waals surface area (Å²) in [5.41, 5.74) is 0. The Labute approximate surface area is 104 Å². The SMILES string of the molecule is OB(O)Oc1ccc2cc3ccccc3cc2c1. The summed E-state index contributed by atoms with van der Waals surface area (Å²) in [6, 6.07) is 17.7. The molecule has 0 aliphatic rings. The third-order valence-corrected chi connectivity index (χ3v) is 2.92. The van der Waals surface area contributed by atoms with Crippen LogP contribution in [0.2, 0.25) is 0 Å². The normalized spacial score (nSPS) is 10.8. The summed E-state index contributed by atoms with van der Waals surface area (Å²) in [5, 5.41) is 22.0. The predicted octanol–water partition coefficient (Wildman–Crippen LogP) is 2.34. The number of hydrogen-bond acceptors (Lipinski definition) is 3. The van der Waals surface area contributed by atoms with Gasteiger partial charge in [-0.3, -0.25) is 0 Å². The molecular weight excluding hydrogens is 227 g/mol. The summed E-state index contributed by atoms with van der Waals surface area (Å²) < 4.78 is 4.85. The standard InChI is InChI=1S/C14H11BO3/c16-15(17)18-14-6-5-12-7-10-3-1-2-4-11(10)8-13(12)9-14/h1-9,16-17H. The van der Waals surface area contributed by atoms with E-state index in [2.05, 4.69) is 18.2 Å². The zero-order valence-corrected chi connectivity index (χ0v) is 9.58. The molecule has 0 atom stereocenters. The Kier molecular flexibility index (Phi) is 2.66. The molecule has 0 fully saturated rings. The van der Waals surface area contributed by atoms with Gasteiger partial charge >= 0.3 is 7.32 Å². The first-order chi connectivity index (χ1) is 8.72. The van der Waals surface area contributed by atoms with Crippen LogP contribution in [0.5, 0.6) is 5.75 Å². The van der Waals surface area contributed by atoms with E-state index in [9.17, 15) is 0 Å². The zero-order valence-electron chi connectivity index (χ0n) is 9.58. The molecule has 0 unspecified atom stereocenters. The Morgan fingerprint density at radius 2 is 1.33 bits per heavy atom. The van der Waals surface area contributed by atoms with Crippen LogP contribution in [0, 0.1) is 0 Å². The van der Waals surface area contributed by atoms with Gasteiger partial charge in [0.15, 0.2) is 0 Å². The van der Waals surface area contributed by atoms with Crippen molar-refractivity contribution in [1.82, 2.24) is 0 Å². The quantitative estimate of drug-likeness (QED) is 0.532. The van der Waals surface area contributed by atoms with Gasteiger partial charge in [-0.15, -0.1) is 0 Å². The maximum absolute atomic E-state index is 8.78. The van der Waals surface area contributed by atoms with Crippen molar-refractivity contribution in [2.24, 2.45) is 0 Å². The van der Waals surface area contributed by atoms with Crippen LogP contribution in [-0.4, -0.2) is 17.4 Å². The second-order valence-corrected chi connectivity index (χ2v) is 4.15. The number of fused-ring (bicyclic) bond motifs is 2. The van der Waals surface area contributed by atoms with E-state index < -0.39 is 7.32 Å². The van der Waals surface area contributed by atoms with Gasteiger partial charge in [-0.05, 0) is 45.8 Å². The van der Waals surface area contributed by atoms with Crippen molar-refractivity contribution in [2.45, 2.75) is 0 Å². The smallest absolute Gasteiger partial charge is 0.512 e. The molecule has 0 aliphatic carbocycles. The lowest BCUT2D eigenvalue weighted by atomic mass is 10.0. The third kappa shape index (κ3) is 2.03. The van der Waals surface area contributed by atoms with Crippen LogP contribution in [-0.2, 0) is 0 Å². The van der Waals surface area contributed by atoms with Gasteiger partial charge in [-0.2, -0.15) is 0 Å². The molecule has 0 saturated carbocycles. The van der Waals surface area contributed by atoms with Crippen LogP contribution in [0.1, 0.15) is 0 Å². The van der Waals surface area contributed by atoms with Crippen molar-refractivity contribution in [3.8, 4) is 5.75 Å². The second kappa shape index (κ2) is 4.33. The highest BCUT2D eigenvalue weighted by atomic mass is 16.6. The lowest BCUT2D eigenvalue weighted by Gasteiger charge is -2.07. The Balaban J connectivity index is 2.18. The molecule has 0 heterocycles. The molecule has 18 heavy (non-hydrogen) atoms. The first-order valence-corrected chi connectivity index (χ1v) is 5.68. The van der Waals surface area contributed by atoms with Crippen LogP contribution in [0.15, 0.2) is 54.6 Å². The summed E-state index contributed by atoms with van der Waals surface area (Å²) >= 11 is 0. The van der Waals surface area contributed by atoms with Crippen LogP contribution in [0.3, 0.4) is 0 Å². The van der Waals surface area contributed by atoms with E-state index in [0.29, 0.717) is 5.75 Å². The van der Waals surface area contributed by atoms with Crippen molar-refractivity contribution in [3.63, 3.8) is 0 Å². The summed E-state index contributed by atoms with van der Waals surface area (Å²) in [4.78, 5) is 0. The van der Waals surface area contributed by atoms with Gasteiger partial charge in [0, 0.05) is 0 Å². The van der Waals surface area contributed by atoms with Crippen LogP contribution in [0.25, 0.3) is 21.5 Å². The zero-order chi connectivity index (χ0) is 12.5. The van der Waals surface area contributed by atoms with Crippen LogP contribution in [0.4, 0.5) is 0 Å². The van der Waals surface area contributed by atoms with E-state index in [1.165, 1.54) is 5.39 Å². The maximum Gasteiger partial charge on any atom is 0.707 e. The van der Waals surface area contributed by atoms with Crippen molar-refractivity contribution in [2.75, 3.05) is 0 Å². The van der Waals surface area contributed by atoms with Crippen LogP contribution >= 0.6 is 0 Å². The highest BCUT2D eigenvalue weighted by Crippen LogP contribution is 2.26. The molecule has 0 amide bonds. The molecule has 0 radical (unpaired) electrons. The Morgan fingerprint density at radius 3 is 2.00 bits per heavy atom. The molecule has 0 aromatic heterocycles. The summed E-state index contributed by atoms with van der Waals surface area (Å²) in [5.74, 6) is 0.438. The molecule has 4 heteroatoms. The van der Waals surface area contributed by atoms with Gasteiger partial charge in [0.1, 0.15) is 5.75 Å². The fraction of sp³-hybridized carbons (Fsp3) is 0. The summed E-state index contributed by atoms with van der Waals surface area (Å²) in [7, 11) is -1.79. The van der Waals surface area contributed by atoms with E-state index in [1.807, 2.05) is 24.3 Å². The molecule has 0 saturated heterocycles. The van der Waals surface area contributed by atoms with Gasteiger partial charge in [0.05, 0.1) is 0 Å². The fourth-order valence-electron chi connectivity index (χ4n) is 2.11. The van der Waals surface area contributed by atoms with E-state index in [4.69, 9.17) is 14.7 Å². The average Bonchev–Trinajstić information content (AvgIpc) is 2.35. The minimum atomic E-state index is -1.79. The molecular formula is C14H11BO3. The van der Waals surface area contributed by atoms with Gasteiger partial charge in [0.25, 0.3) is 0 Å². The van der Waals surface area contributed by atoms with Crippen LogP contribution < -0.4 is 4.65 Å². The number of hydrogen-bond donors (Lipinski definition) is 2. The molecule has 3 nitrogen and oxygen atoms in total. The predicted molar refractivity (Wildman–Crippen MR) is 72.3 cm³/mol. The van der Waals surface area contributed by atoms with E-state index in [-0.39, 0.29) is 0 Å². The minimum Gasteiger partial charge on any atom is -0.512 e. The van der Waals surface area contributed by atoms with Crippen molar-refractivity contribution < 1.29 is 14.7 Å². The first kappa shape index (κ1) is 11.1.